The van der Waals surface area contributed by atoms with Crippen LogP contribution in [0.15, 0.2) is 0 Å². The number of carbonyl (C=O) groups is 2. The Morgan fingerprint density at radius 1 is 1.32 bits per heavy atom. The van der Waals surface area contributed by atoms with E-state index in [4.69, 9.17) is 0 Å². The highest BCUT2D eigenvalue weighted by atomic mass is 16.4. The van der Waals surface area contributed by atoms with E-state index in [1.807, 2.05) is 27.7 Å². The van der Waals surface area contributed by atoms with Crippen LogP contribution in [0.5, 0.6) is 0 Å². The molecule has 19 heavy (non-hydrogen) atoms. The number of hydrogen-bond acceptors (Lipinski definition) is 2. The maximum Gasteiger partial charge on any atom is 0.326 e. The van der Waals surface area contributed by atoms with Crippen LogP contribution >= 0.6 is 0 Å². The molecule has 1 atom stereocenters. The van der Waals surface area contributed by atoms with Crippen molar-refractivity contribution in [2.45, 2.75) is 65.5 Å². The third-order valence-corrected chi connectivity index (χ3v) is 3.75. The number of carbonyl (C=O) groups excluding carboxylic acids is 1. The largest absolute Gasteiger partial charge is 0.480 e. The van der Waals surface area contributed by atoms with E-state index in [1.54, 1.807) is 4.90 Å². The van der Waals surface area contributed by atoms with E-state index < -0.39 is 17.4 Å². The number of nitrogens with zero attached hydrogens (tertiary/aromatic N) is 1. The molecule has 0 saturated heterocycles. The molecule has 0 aromatic heterocycles. The molecular formula is C14H26N2O3. The van der Waals surface area contributed by atoms with Gasteiger partial charge in [0.25, 0.3) is 0 Å². The van der Waals surface area contributed by atoms with Crippen LogP contribution in [0.1, 0.15) is 53.4 Å². The monoisotopic (exact) mass is 270 g/mol. The van der Waals surface area contributed by atoms with Gasteiger partial charge in [-0.1, -0.05) is 33.6 Å². The summed E-state index contributed by atoms with van der Waals surface area (Å²) in [5.74, 6) is -0.983. The first-order valence-electron chi connectivity index (χ1n) is 7.07. The summed E-state index contributed by atoms with van der Waals surface area (Å²) in [6.07, 6.45) is 4.34. The number of aliphatic carboxylic acids is 1. The van der Waals surface area contributed by atoms with Crippen molar-refractivity contribution in [1.82, 2.24) is 10.2 Å². The van der Waals surface area contributed by atoms with Gasteiger partial charge in [-0.05, 0) is 25.2 Å². The summed E-state index contributed by atoms with van der Waals surface area (Å²) in [4.78, 5) is 25.3. The second kappa shape index (κ2) is 6.26. The normalized spacial score (nSPS) is 18.1. The highest BCUT2D eigenvalue weighted by Gasteiger charge is 2.35. The van der Waals surface area contributed by atoms with E-state index >= 15 is 0 Å². The summed E-state index contributed by atoms with van der Waals surface area (Å²) in [7, 11) is 0. The number of carboxylic acid groups (broad SMARTS) is 1. The summed E-state index contributed by atoms with van der Waals surface area (Å²) in [5.41, 5.74) is -0.503. The molecule has 0 heterocycles. The molecule has 2 N–H and O–H groups in total. The van der Waals surface area contributed by atoms with Crippen LogP contribution in [0, 0.1) is 5.41 Å². The van der Waals surface area contributed by atoms with E-state index in [-0.39, 0.29) is 12.1 Å². The minimum Gasteiger partial charge on any atom is -0.480 e. The number of urea groups is 1. The first kappa shape index (κ1) is 15.8. The fraction of sp³-hybridized carbons (Fsp3) is 0.857. The van der Waals surface area contributed by atoms with E-state index in [2.05, 4.69) is 5.32 Å². The number of amides is 2. The average Bonchev–Trinajstić information content (AvgIpc) is 2.78. The molecule has 5 heteroatoms. The topological polar surface area (TPSA) is 69.6 Å². The summed E-state index contributed by atoms with van der Waals surface area (Å²) in [6, 6.07) is -0.855. The second-order valence-corrected chi connectivity index (χ2v) is 6.31. The molecule has 0 aromatic carbocycles. The minimum atomic E-state index is -0.983. The van der Waals surface area contributed by atoms with Crippen LogP contribution in [-0.2, 0) is 4.79 Å². The molecule has 0 bridgehead atoms. The highest BCUT2D eigenvalue weighted by molar-refractivity contribution is 5.83. The Kier molecular flexibility index (Phi) is 5.20. The zero-order chi connectivity index (χ0) is 14.6. The number of nitrogens with one attached hydrogen (secondary N) is 1. The van der Waals surface area contributed by atoms with Gasteiger partial charge in [-0.15, -0.1) is 0 Å². The Balaban J connectivity index is 2.72. The van der Waals surface area contributed by atoms with Crippen molar-refractivity contribution in [3.63, 3.8) is 0 Å². The maximum absolute atomic E-state index is 12.3. The van der Waals surface area contributed by atoms with Gasteiger partial charge in [0.2, 0.25) is 0 Å². The Hall–Kier alpha value is -1.26. The fourth-order valence-corrected chi connectivity index (χ4v) is 2.64. The van der Waals surface area contributed by atoms with Crippen molar-refractivity contribution < 1.29 is 14.7 Å². The van der Waals surface area contributed by atoms with Gasteiger partial charge in [0.1, 0.15) is 6.04 Å². The van der Waals surface area contributed by atoms with Crippen LogP contribution < -0.4 is 5.32 Å². The van der Waals surface area contributed by atoms with E-state index in [9.17, 15) is 14.7 Å². The Morgan fingerprint density at radius 3 is 2.21 bits per heavy atom. The van der Waals surface area contributed by atoms with Crippen molar-refractivity contribution in [2.24, 2.45) is 5.41 Å². The summed E-state index contributed by atoms with van der Waals surface area (Å²) < 4.78 is 0. The molecule has 0 unspecified atom stereocenters. The van der Waals surface area contributed by atoms with Gasteiger partial charge in [0.05, 0.1) is 0 Å². The van der Waals surface area contributed by atoms with Gasteiger partial charge in [-0.25, -0.2) is 9.59 Å². The third-order valence-electron chi connectivity index (χ3n) is 3.75. The molecule has 1 saturated carbocycles. The second-order valence-electron chi connectivity index (χ2n) is 6.31. The molecule has 1 rings (SSSR count). The molecule has 5 nitrogen and oxygen atoms in total. The zero-order valence-electron chi connectivity index (χ0n) is 12.4. The lowest BCUT2D eigenvalue weighted by Gasteiger charge is -2.33. The lowest BCUT2D eigenvalue weighted by Crippen LogP contribution is -2.55. The molecule has 110 valence electrons. The van der Waals surface area contributed by atoms with Crippen LogP contribution in [0.3, 0.4) is 0 Å². The van der Waals surface area contributed by atoms with Crippen molar-refractivity contribution in [3.8, 4) is 0 Å². The molecule has 1 aliphatic rings. The molecule has 0 aliphatic heterocycles. The molecule has 0 radical (unpaired) electrons. The molecule has 0 aromatic rings. The molecule has 2 amide bonds. The number of carboxylic acids is 1. The van der Waals surface area contributed by atoms with Gasteiger partial charge in [0, 0.05) is 12.6 Å². The van der Waals surface area contributed by atoms with Gasteiger partial charge < -0.3 is 15.3 Å². The van der Waals surface area contributed by atoms with E-state index in [0.29, 0.717) is 6.54 Å². The lowest BCUT2D eigenvalue weighted by atomic mass is 9.87. The molecular weight excluding hydrogens is 244 g/mol. The number of rotatable bonds is 4. The lowest BCUT2D eigenvalue weighted by molar-refractivity contribution is -0.142. The molecule has 1 fully saturated rings. The predicted octanol–water partition coefficient (Wildman–Crippen LogP) is 2.46. The Bertz CT molecular complexity index is 330. The Labute approximate surface area is 115 Å². The standard InChI is InChI=1S/C14H26N2O3/c1-5-16(10-8-6-7-9-10)13(19)15-11(12(17)18)14(2,3)4/h10-11H,5-9H2,1-4H3,(H,15,19)(H,17,18)/t11-/m0/s1. The quantitative estimate of drug-likeness (QED) is 0.824. The van der Waals surface area contributed by atoms with E-state index in [1.165, 1.54) is 0 Å². The first-order chi connectivity index (χ1) is 8.77. The van der Waals surface area contributed by atoms with Crippen LogP contribution in [0.25, 0.3) is 0 Å². The highest BCUT2D eigenvalue weighted by Crippen LogP contribution is 2.24. The maximum atomic E-state index is 12.3. The summed E-state index contributed by atoms with van der Waals surface area (Å²) in [5, 5.41) is 11.9. The Morgan fingerprint density at radius 2 is 1.84 bits per heavy atom. The fourth-order valence-electron chi connectivity index (χ4n) is 2.64. The van der Waals surface area contributed by atoms with Gasteiger partial charge >= 0.3 is 12.0 Å². The smallest absolute Gasteiger partial charge is 0.326 e. The summed E-state index contributed by atoms with van der Waals surface area (Å²) >= 11 is 0. The predicted molar refractivity (Wildman–Crippen MR) is 74.0 cm³/mol. The van der Waals surface area contributed by atoms with Crippen LogP contribution in [0.4, 0.5) is 4.79 Å². The van der Waals surface area contributed by atoms with Crippen molar-refractivity contribution in [2.75, 3.05) is 6.54 Å². The van der Waals surface area contributed by atoms with Crippen LogP contribution in [0.2, 0.25) is 0 Å². The van der Waals surface area contributed by atoms with Crippen molar-refractivity contribution >= 4 is 12.0 Å². The molecule has 0 spiro atoms. The van der Waals surface area contributed by atoms with Crippen LogP contribution in [-0.4, -0.2) is 40.6 Å². The van der Waals surface area contributed by atoms with Gasteiger partial charge in [0.15, 0.2) is 0 Å². The number of hydrogen-bond donors (Lipinski definition) is 2. The minimum absolute atomic E-state index is 0.253. The zero-order valence-corrected chi connectivity index (χ0v) is 12.4. The first-order valence-corrected chi connectivity index (χ1v) is 7.07. The van der Waals surface area contributed by atoms with Gasteiger partial charge in [-0.2, -0.15) is 0 Å². The van der Waals surface area contributed by atoms with Crippen molar-refractivity contribution in [1.29, 1.82) is 0 Å². The summed E-state index contributed by atoms with van der Waals surface area (Å²) in [6.45, 7) is 8.01. The molecule has 1 aliphatic carbocycles. The van der Waals surface area contributed by atoms with E-state index in [0.717, 1.165) is 25.7 Å². The van der Waals surface area contributed by atoms with Crippen molar-refractivity contribution in [3.05, 3.63) is 0 Å². The SMILES string of the molecule is CCN(C(=O)N[C@@H](C(=O)O)C(C)(C)C)C1CCCC1. The third kappa shape index (κ3) is 4.11. The van der Waals surface area contributed by atoms with Gasteiger partial charge in [-0.3, -0.25) is 0 Å². The average molecular weight is 270 g/mol.